The number of anilines is 1. The van der Waals surface area contributed by atoms with Crippen molar-refractivity contribution in [3.05, 3.63) is 47.5 Å². The SMILES string of the molecule is COc1ccc(CC(=O)Nc2ccc(C#N)cc2-c2nn[nH]n2)cc1OC. The van der Waals surface area contributed by atoms with Gasteiger partial charge in [0.05, 0.1) is 38.0 Å². The van der Waals surface area contributed by atoms with E-state index in [1.54, 1.807) is 43.5 Å². The highest BCUT2D eigenvalue weighted by molar-refractivity contribution is 5.96. The van der Waals surface area contributed by atoms with Crippen LogP contribution in [-0.2, 0) is 11.2 Å². The van der Waals surface area contributed by atoms with Gasteiger partial charge >= 0.3 is 0 Å². The molecule has 1 heterocycles. The molecule has 2 N–H and O–H groups in total. The maximum atomic E-state index is 12.5. The topological polar surface area (TPSA) is 126 Å². The Bertz CT molecular complexity index is 995. The summed E-state index contributed by atoms with van der Waals surface area (Å²) in [5, 5.41) is 25.6. The van der Waals surface area contributed by atoms with Gasteiger partial charge in [-0.1, -0.05) is 6.07 Å². The Morgan fingerprint density at radius 2 is 2.00 bits per heavy atom. The molecule has 1 amide bonds. The highest BCUT2D eigenvalue weighted by atomic mass is 16.5. The predicted molar refractivity (Wildman–Crippen MR) is 96.2 cm³/mol. The van der Waals surface area contributed by atoms with Crippen molar-refractivity contribution in [2.24, 2.45) is 0 Å². The van der Waals surface area contributed by atoms with Crippen molar-refractivity contribution in [3.8, 4) is 29.0 Å². The van der Waals surface area contributed by atoms with E-state index in [0.29, 0.717) is 28.3 Å². The second kappa shape index (κ2) is 7.97. The molecule has 0 unspecified atom stereocenters. The van der Waals surface area contributed by atoms with Crippen molar-refractivity contribution in [2.45, 2.75) is 6.42 Å². The molecule has 1 aromatic heterocycles. The van der Waals surface area contributed by atoms with Crippen LogP contribution in [0.15, 0.2) is 36.4 Å². The third-order valence-electron chi connectivity index (χ3n) is 3.82. The van der Waals surface area contributed by atoms with Gasteiger partial charge in [0.2, 0.25) is 11.7 Å². The van der Waals surface area contributed by atoms with Gasteiger partial charge in [0, 0.05) is 5.56 Å². The number of H-pyrrole nitrogens is 1. The Balaban J connectivity index is 1.82. The second-order valence-electron chi connectivity index (χ2n) is 5.52. The summed E-state index contributed by atoms with van der Waals surface area (Å²) in [6.07, 6.45) is 0.131. The van der Waals surface area contributed by atoms with Crippen molar-refractivity contribution in [2.75, 3.05) is 19.5 Å². The number of rotatable bonds is 6. The van der Waals surface area contributed by atoms with E-state index in [2.05, 4.69) is 25.9 Å². The van der Waals surface area contributed by atoms with Gasteiger partial charge in [-0.25, -0.2) is 0 Å². The number of amides is 1. The maximum absolute atomic E-state index is 12.5. The Hall–Kier alpha value is -3.93. The van der Waals surface area contributed by atoms with Crippen LogP contribution >= 0.6 is 0 Å². The molecule has 0 saturated carbocycles. The molecule has 0 atom stereocenters. The number of carbonyl (C=O) groups is 1. The molecule has 3 aromatic rings. The van der Waals surface area contributed by atoms with Gasteiger partial charge in [-0.2, -0.15) is 10.5 Å². The van der Waals surface area contributed by atoms with Crippen molar-refractivity contribution in [1.29, 1.82) is 5.26 Å². The van der Waals surface area contributed by atoms with Gasteiger partial charge in [-0.15, -0.1) is 10.2 Å². The van der Waals surface area contributed by atoms with Crippen LogP contribution in [0.1, 0.15) is 11.1 Å². The standard InChI is InChI=1S/C18H16N6O3/c1-26-15-6-4-11(8-16(15)27-2)9-17(25)20-14-5-3-12(10-19)7-13(14)18-21-23-24-22-18/h3-8H,9H2,1-2H3,(H,20,25)(H,21,22,23,24). The Kier molecular flexibility index (Phi) is 5.28. The number of aromatic nitrogens is 4. The monoisotopic (exact) mass is 364 g/mol. The molecule has 0 bridgehead atoms. The summed E-state index contributed by atoms with van der Waals surface area (Å²) < 4.78 is 10.5. The highest BCUT2D eigenvalue weighted by Gasteiger charge is 2.14. The molecule has 0 aliphatic rings. The zero-order valence-corrected chi connectivity index (χ0v) is 14.7. The fourth-order valence-corrected chi connectivity index (χ4v) is 2.55. The molecule has 0 aliphatic heterocycles. The molecule has 9 heteroatoms. The first-order chi connectivity index (χ1) is 13.1. The number of tetrazole rings is 1. The minimum Gasteiger partial charge on any atom is -0.493 e. The third kappa shape index (κ3) is 4.01. The highest BCUT2D eigenvalue weighted by Crippen LogP contribution is 2.29. The van der Waals surface area contributed by atoms with Crippen molar-refractivity contribution >= 4 is 11.6 Å². The van der Waals surface area contributed by atoms with Crippen LogP contribution < -0.4 is 14.8 Å². The first-order valence-corrected chi connectivity index (χ1v) is 7.93. The zero-order valence-electron chi connectivity index (χ0n) is 14.7. The lowest BCUT2D eigenvalue weighted by atomic mass is 10.1. The molecular formula is C18H16N6O3. The van der Waals surface area contributed by atoms with Crippen LogP contribution in [0, 0.1) is 11.3 Å². The van der Waals surface area contributed by atoms with Crippen LogP contribution in [-0.4, -0.2) is 40.8 Å². The Morgan fingerprint density at radius 1 is 1.19 bits per heavy atom. The average Bonchev–Trinajstić information content (AvgIpc) is 3.22. The summed E-state index contributed by atoms with van der Waals surface area (Å²) in [5.74, 6) is 1.19. The van der Waals surface area contributed by atoms with E-state index in [-0.39, 0.29) is 18.2 Å². The normalized spacial score (nSPS) is 10.1. The summed E-state index contributed by atoms with van der Waals surface area (Å²) >= 11 is 0. The van der Waals surface area contributed by atoms with Gasteiger partial charge in [-0.05, 0) is 41.1 Å². The molecule has 9 nitrogen and oxygen atoms in total. The third-order valence-corrected chi connectivity index (χ3v) is 3.82. The Morgan fingerprint density at radius 3 is 2.67 bits per heavy atom. The second-order valence-corrected chi connectivity index (χ2v) is 5.52. The van der Waals surface area contributed by atoms with Gasteiger partial charge in [0.15, 0.2) is 11.5 Å². The van der Waals surface area contributed by atoms with E-state index in [4.69, 9.17) is 14.7 Å². The van der Waals surface area contributed by atoms with E-state index >= 15 is 0 Å². The summed E-state index contributed by atoms with van der Waals surface area (Å²) in [6, 6.07) is 12.2. The molecule has 0 spiro atoms. The zero-order chi connectivity index (χ0) is 19.2. The first kappa shape index (κ1) is 17.9. The lowest BCUT2D eigenvalue weighted by molar-refractivity contribution is -0.115. The largest absolute Gasteiger partial charge is 0.493 e. The number of benzene rings is 2. The van der Waals surface area contributed by atoms with E-state index in [1.165, 1.54) is 7.11 Å². The number of nitriles is 1. The quantitative estimate of drug-likeness (QED) is 0.684. The van der Waals surface area contributed by atoms with Gasteiger partial charge in [-0.3, -0.25) is 4.79 Å². The van der Waals surface area contributed by atoms with Crippen LogP contribution in [0.4, 0.5) is 5.69 Å². The van der Waals surface area contributed by atoms with Gasteiger partial charge in [0.25, 0.3) is 0 Å². The Labute approximate surface area is 154 Å². The number of ether oxygens (including phenoxy) is 2. The van der Waals surface area contributed by atoms with E-state index in [0.717, 1.165) is 5.56 Å². The lowest BCUT2D eigenvalue weighted by Crippen LogP contribution is -2.15. The number of hydrogen-bond acceptors (Lipinski definition) is 7. The summed E-state index contributed by atoms with van der Waals surface area (Å²) in [4.78, 5) is 12.5. The summed E-state index contributed by atoms with van der Waals surface area (Å²) in [6.45, 7) is 0. The van der Waals surface area contributed by atoms with Crippen molar-refractivity contribution in [1.82, 2.24) is 20.6 Å². The van der Waals surface area contributed by atoms with E-state index in [9.17, 15) is 4.79 Å². The van der Waals surface area contributed by atoms with Gasteiger partial charge < -0.3 is 14.8 Å². The summed E-state index contributed by atoms with van der Waals surface area (Å²) in [7, 11) is 3.09. The molecule has 3 rings (SSSR count). The number of methoxy groups -OCH3 is 2. The van der Waals surface area contributed by atoms with Crippen molar-refractivity contribution in [3.63, 3.8) is 0 Å². The van der Waals surface area contributed by atoms with Crippen molar-refractivity contribution < 1.29 is 14.3 Å². The maximum Gasteiger partial charge on any atom is 0.228 e. The molecule has 0 aliphatic carbocycles. The first-order valence-electron chi connectivity index (χ1n) is 7.93. The summed E-state index contributed by atoms with van der Waals surface area (Å²) in [5.41, 5.74) is 2.18. The number of nitrogens with one attached hydrogen (secondary N) is 2. The molecule has 2 aromatic carbocycles. The van der Waals surface area contributed by atoms with E-state index < -0.39 is 0 Å². The number of hydrogen-bond donors (Lipinski definition) is 2. The minimum atomic E-state index is -0.239. The van der Waals surface area contributed by atoms with Crippen LogP contribution in [0.3, 0.4) is 0 Å². The number of carbonyl (C=O) groups excluding carboxylic acids is 1. The molecule has 136 valence electrons. The number of nitrogens with zero attached hydrogens (tertiary/aromatic N) is 4. The number of aromatic amines is 1. The fourth-order valence-electron chi connectivity index (χ4n) is 2.55. The lowest BCUT2D eigenvalue weighted by Gasteiger charge is -2.11. The smallest absolute Gasteiger partial charge is 0.228 e. The predicted octanol–water partition coefficient (Wildman–Crippen LogP) is 1.94. The van der Waals surface area contributed by atoms with Crippen LogP contribution in [0.25, 0.3) is 11.4 Å². The molecular weight excluding hydrogens is 348 g/mol. The molecule has 0 fully saturated rings. The van der Waals surface area contributed by atoms with Crippen LogP contribution in [0.2, 0.25) is 0 Å². The minimum absolute atomic E-state index is 0.131. The van der Waals surface area contributed by atoms with Crippen LogP contribution in [0.5, 0.6) is 11.5 Å². The van der Waals surface area contributed by atoms with E-state index in [1.807, 2.05) is 6.07 Å². The molecule has 0 saturated heterocycles. The average molecular weight is 364 g/mol. The molecule has 27 heavy (non-hydrogen) atoms. The fraction of sp³-hybridized carbons (Fsp3) is 0.167. The van der Waals surface area contributed by atoms with Gasteiger partial charge in [0.1, 0.15) is 0 Å². The molecule has 0 radical (unpaired) electrons.